The number of allylic oxidation sites excluding steroid dienone is 2. The topological polar surface area (TPSA) is 0 Å². The van der Waals surface area contributed by atoms with E-state index in [1.807, 2.05) is 0 Å². The van der Waals surface area contributed by atoms with E-state index in [9.17, 15) is 0 Å². The first kappa shape index (κ1) is 22.3. The van der Waals surface area contributed by atoms with Gasteiger partial charge in [0.2, 0.25) is 0 Å². The molecular formula is C31H50. The third kappa shape index (κ3) is 4.24. The van der Waals surface area contributed by atoms with Crippen LogP contribution in [0.4, 0.5) is 0 Å². The summed E-state index contributed by atoms with van der Waals surface area (Å²) in [6.45, 7) is 13.8. The monoisotopic (exact) mass is 422 g/mol. The van der Waals surface area contributed by atoms with Crippen LogP contribution in [-0.2, 0) is 0 Å². The second-order valence-electron chi connectivity index (χ2n) is 12.9. The summed E-state index contributed by atoms with van der Waals surface area (Å²) in [6, 6.07) is 0. The van der Waals surface area contributed by atoms with Crippen LogP contribution in [0, 0.1) is 59.2 Å². The van der Waals surface area contributed by atoms with Crippen molar-refractivity contribution < 1.29 is 0 Å². The molecule has 0 bridgehead atoms. The van der Waals surface area contributed by atoms with Crippen LogP contribution in [0.1, 0.15) is 110 Å². The molecule has 0 heterocycles. The Labute approximate surface area is 193 Å². The molecule has 6 rings (SSSR count). The molecule has 0 aliphatic heterocycles. The van der Waals surface area contributed by atoms with Crippen LogP contribution in [0.5, 0.6) is 0 Å². The van der Waals surface area contributed by atoms with Crippen LogP contribution < -0.4 is 0 Å². The van der Waals surface area contributed by atoms with Gasteiger partial charge in [0.25, 0.3) is 0 Å². The average Bonchev–Trinajstić information content (AvgIpc) is 3.15. The van der Waals surface area contributed by atoms with Gasteiger partial charge in [-0.25, -0.2) is 0 Å². The second kappa shape index (κ2) is 9.38. The largest absolute Gasteiger partial charge is 0.0996 e. The highest BCUT2D eigenvalue weighted by atomic mass is 14.5. The predicted octanol–water partition coefficient (Wildman–Crippen LogP) is 9.22. The molecule has 0 aromatic heterocycles. The second-order valence-corrected chi connectivity index (χ2v) is 12.9. The van der Waals surface area contributed by atoms with Crippen molar-refractivity contribution in [3.8, 4) is 0 Å². The molecule has 6 saturated carbocycles. The standard InChI is InChI=1S/C16H26.C15H24/c1-11-6-5-8-14-10-13-7-3-4-9-15(13)12(2)16(11)14;1-10-7-8-13-9-12-5-3-4-6-14(12)11(2)15(10)13/h12-16H,1,3-10H2,2H3;11-15H,1,3-9H2,2H3/t12-,13-,14?,15+,16?;11-,12-,13?,14+,15?/m00/s1. The maximum Gasteiger partial charge on any atom is -0.0149 e. The fraction of sp³-hybridized carbons (Fsp3) is 0.871. The van der Waals surface area contributed by atoms with Gasteiger partial charge in [-0.1, -0.05) is 76.7 Å². The summed E-state index contributed by atoms with van der Waals surface area (Å²) in [5.74, 6) is 9.98. The quantitative estimate of drug-likeness (QED) is 0.341. The van der Waals surface area contributed by atoms with Crippen molar-refractivity contribution in [1.29, 1.82) is 0 Å². The fourth-order valence-electron chi connectivity index (χ4n) is 10.2. The zero-order chi connectivity index (χ0) is 21.5. The van der Waals surface area contributed by atoms with Crippen molar-refractivity contribution in [3.05, 3.63) is 24.3 Å². The lowest BCUT2D eigenvalue weighted by atomic mass is 9.54. The Kier molecular flexibility index (Phi) is 6.74. The summed E-state index contributed by atoms with van der Waals surface area (Å²) in [6.07, 6.45) is 22.2. The van der Waals surface area contributed by atoms with E-state index in [2.05, 4.69) is 27.0 Å². The zero-order valence-electron chi connectivity index (χ0n) is 20.8. The summed E-state index contributed by atoms with van der Waals surface area (Å²) in [7, 11) is 0. The molecule has 6 fully saturated rings. The summed E-state index contributed by atoms with van der Waals surface area (Å²) in [5, 5.41) is 0. The van der Waals surface area contributed by atoms with Crippen LogP contribution in [-0.4, -0.2) is 0 Å². The van der Waals surface area contributed by atoms with Crippen LogP contribution in [0.25, 0.3) is 0 Å². The van der Waals surface area contributed by atoms with Gasteiger partial charge in [0.05, 0.1) is 0 Å². The molecule has 6 aliphatic rings. The van der Waals surface area contributed by atoms with E-state index in [0.29, 0.717) is 0 Å². The highest BCUT2D eigenvalue weighted by Crippen LogP contribution is 2.56. The molecule has 0 aromatic carbocycles. The lowest BCUT2D eigenvalue weighted by molar-refractivity contribution is 0.0223. The van der Waals surface area contributed by atoms with Crippen molar-refractivity contribution in [2.24, 2.45) is 59.2 Å². The SMILES string of the molecule is C=C1CCC2C[C@@H]3CCCC[C@@H]3[C@H](C)C12.C=C1CCCC2C[C@@H]3CCCC[C@@H]3[C@H](C)C12. The summed E-state index contributed by atoms with van der Waals surface area (Å²) >= 11 is 0. The molecular weight excluding hydrogens is 372 g/mol. The Morgan fingerprint density at radius 3 is 1.55 bits per heavy atom. The van der Waals surface area contributed by atoms with E-state index in [1.165, 1.54) is 83.5 Å². The summed E-state index contributed by atoms with van der Waals surface area (Å²) in [4.78, 5) is 0. The first-order chi connectivity index (χ1) is 15.0. The molecule has 0 amide bonds. The van der Waals surface area contributed by atoms with Gasteiger partial charge in [-0.2, -0.15) is 0 Å². The van der Waals surface area contributed by atoms with Crippen molar-refractivity contribution in [1.82, 2.24) is 0 Å². The number of hydrogen-bond acceptors (Lipinski definition) is 0. The van der Waals surface area contributed by atoms with Crippen LogP contribution in [0.15, 0.2) is 24.3 Å². The third-order valence-corrected chi connectivity index (χ3v) is 11.5. The molecule has 0 spiro atoms. The smallest absolute Gasteiger partial charge is 0.0149 e. The lowest BCUT2D eigenvalue weighted by Crippen LogP contribution is -2.42. The maximum absolute atomic E-state index is 4.39. The fourth-order valence-corrected chi connectivity index (χ4v) is 10.2. The van der Waals surface area contributed by atoms with E-state index in [1.54, 1.807) is 24.0 Å². The zero-order valence-corrected chi connectivity index (χ0v) is 20.8. The van der Waals surface area contributed by atoms with Crippen molar-refractivity contribution >= 4 is 0 Å². The normalized spacial score (nSPS) is 49.1. The molecule has 6 aliphatic carbocycles. The highest BCUT2D eigenvalue weighted by Gasteiger charge is 2.46. The van der Waals surface area contributed by atoms with Gasteiger partial charge in [0.15, 0.2) is 0 Å². The van der Waals surface area contributed by atoms with E-state index in [0.717, 1.165) is 59.2 Å². The lowest BCUT2D eigenvalue weighted by Gasteiger charge is -2.51. The Morgan fingerprint density at radius 1 is 0.516 bits per heavy atom. The van der Waals surface area contributed by atoms with E-state index >= 15 is 0 Å². The predicted molar refractivity (Wildman–Crippen MR) is 134 cm³/mol. The Balaban J connectivity index is 0.000000132. The van der Waals surface area contributed by atoms with E-state index in [4.69, 9.17) is 0 Å². The first-order valence-corrected chi connectivity index (χ1v) is 14.4. The molecule has 0 radical (unpaired) electrons. The van der Waals surface area contributed by atoms with E-state index < -0.39 is 0 Å². The van der Waals surface area contributed by atoms with Gasteiger partial charge in [0.1, 0.15) is 0 Å². The van der Waals surface area contributed by atoms with E-state index in [-0.39, 0.29) is 0 Å². The van der Waals surface area contributed by atoms with Gasteiger partial charge in [-0.15, -0.1) is 0 Å². The molecule has 4 unspecified atom stereocenters. The van der Waals surface area contributed by atoms with Crippen molar-refractivity contribution in [2.45, 2.75) is 110 Å². The minimum atomic E-state index is 0.896. The summed E-state index contributed by atoms with van der Waals surface area (Å²) < 4.78 is 0. The molecule has 0 N–H and O–H groups in total. The Morgan fingerprint density at radius 2 is 0.968 bits per heavy atom. The van der Waals surface area contributed by atoms with Gasteiger partial charge < -0.3 is 0 Å². The Bertz CT molecular complexity index is 657. The van der Waals surface area contributed by atoms with Crippen LogP contribution in [0.3, 0.4) is 0 Å². The molecule has 0 aromatic rings. The Hall–Kier alpha value is -0.520. The van der Waals surface area contributed by atoms with Crippen molar-refractivity contribution in [2.75, 3.05) is 0 Å². The molecule has 10 atom stereocenters. The van der Waals surface area contributed by atoms with Gasteiger partial charge in [-0.05, 0) is 117 Å². The maximum atomic E-state index is 4.39. The minimum absolute atomic E-state index is 0.896. The minimum Gasteiger partial charge on any atom is -0.0996 e. The van der Waals surface area contributed by atoms with Crippen LogP contribution in [0.2, 0.25) is 0 Å². The molecule has 0 saturated heterocycles. The van der Waals surface area contributed by atoms with Gasteiger partial charge in [-0.3, -0.25) is 0 Å². The third-order valence-electron chi connectivity index (χ3n) is 11.5. The van der Waals surface area contributed by atoms with Crippen molar-refractivity contribution in [3.63, 3.8) is 0 Å². The first-order valence-electron chi connectivity index (χ1n) is 14.4. The van der Waals surface area contributed by atoms with Gasteiger partial charge >= 0.3 is 0 Å². The number of rotatable bonds is 0. The molecule has 0 heteroatoms. The number of fused-ring (bicyclic) bond motifs is 4. The average molecular weight is 423 g/mol. The van der Waals surface area contributed by atoms with Crippen LogP contribution >= 0.6 is 0 Å². The number of hydrogen-bond donors (Lipinski definition) is 0. The van der Waals surface area contributed by atoms with Gasteiger partial charge in [0, 0.05) is 0 Å². The molecule has 31 heavy (non-hydrogen) atoms. The molecule has 174 valence electrons. The molecule has 0 nitrogen and oxygen atoms in total. The summed E-state index contributed by atoms with van der Waals surface area (Å²) in [5.41, 5.74) is 3.20. The highest BCUT2D eigenvalue weighted by molar-refractivity contribution is 5.14.